The van der Waals surface area contributed by atoms with Gasteiger partial charge in [0.05, 0.1) is 38.8 Å². The Morgan fingerprint density at radius 2 is 1.46 bits per heavy atom. The topological polar surface area (TPSA) is 264 Å². The molecular formula is C76H95ClF3N11O10S4. The van der Waals surface area contributed by atoms with Crippen molar-refractivity contribution in [3.63, 3.8) is 0 Å². The number of allylic oxidation sites excluding steroid dienone is 1. The predicted molar refractivity (Wildman–Crippen MR) is 405 cm³/mol. The van der Waals surface area contributed by atoms with E-state index >= 15 is 0 Å². The van der Waals surface area contributed by atoms with Crippen molar-refractivity contribution in [2.45, 2.75) is 163 Å². The van der Waals surface area contributed by atoms with E-state index in [1.165, 1.54) is 45.5 Å². The van der Waals surface area contributed by atoms with Gasteiger partial charge < -0.3 is 35.8 Å². The molecule has 10 rings (SSSR count). The van der Waals surface area contributed by atoms with Crippen LogP contribution in [0.1, 0.15) is 139 Å². The number of thiazole rings is 1. The first-order valence-electron chi connectivity index (χ1n) is 35.7. The Morgan fingerprint density at radius 1 is 0.800 bits per heavy atom. The summed E-state index contributed by atoms with van der Waals surface area (Å²) in [5.41, 5.74) is 2.47. The molecule has 21 nitrogen and oxygen atoms in total. The van der Waals surface area contributed by atoms with Crippen molar-refractivity contribution >= 4 is 101 Å². The Hall–Kier alpha value is -7.44. The number of amides is 5. The van der Waals surface area contributed by atoms with Gasteiger partial charge in [-0.05, 0) is 152 Å². The zero-order chi connectivity index (χ0) is 75.6. The minimum atomic E-state index is -6.19. The molecule has 5 N–H and O–H groups in total. The second-order valence-corrected chi connectivity index (χ2v) is 35.5. The molecule has 4 aromatic carbocycles. The van der Waals surface area contributed by atoms with E-state index in [0.29, 0.717) is 76.2 Å². The van der Waals surface area contributed by atoms with Crippen LogP contribution in [0.4, 0.5) is 24.5 Å². The van der Waals surface area contributed by atoms with Gasteiger partial charge in [-0.1, -0.05) is 94.6 Å². The lowest BCUT2D eigenvalue weighted by Crippen LogP contribution is -2.57. The van der Waals surface area contributed by atoms with Crippen molar-refractivity contribution in [3.05, 3.63) is 154 Å². The molecular weight excluding hydrogens is 1450 g/mol. The van der Waals surface area contributed by atoms with E-state index in [0.717, 1.165) is 83.3 Å². The van der Waals surface area contributed by atoms with Gasteiger partial charge in [-0.2, -0.15) is 13.2 Å². The van der Waals surface area contributed by atoms with E-state index in [2.05, 4.69) is 66.6 Å². The van der Waals surface area contributed by atoms with E-state index in [1.54, 1.807) is 58.4 Å². The maximum Gasteiger partial charge on any atom is 0.501 e. The van der Waals surface area contributed by atoms with Gasteiger partial charge in [0.1, 0.15) is 17.0 Å². The van der Waals surface area contributed by atoms with Crippen molar-refractivity contribution in [3.8, 4) is 10.4 Å². The number of alkyl halides is 3. The summed E-state index contributed by atoms with van der Waals surface area (Å²) in [4.78, 5) is 86.5. The van der Waals surface area contributed by atoms with Crippen molar-refractivity contribution in [2.24, 2.45) is 10.8 Å². The van der Waals surface area contributed by atoms with E-state index < -0.39 is 94.3 Å². The van der Waals surface area contributed by atoms with E-state index in [1.807, 2.05) is 75.7 Å². The summed E-state index contributed by atoms with van der Waals surface area (Å²) in [5, 5.41) is 20.4. The normalized spacial score (nSPS) is 18.7. The van der Waals surface area contributed by atoms with Crippen LogP contribution in [-0.4, -0.2) is 189 Å². The quantitative estimate of drug-likeness (QED) is 0.0226. The minimum Gasteiger partial charge on any atom is -0.391 e. The molecule has 5 heterocycles. The predicted octanol–water partition coefficient (Wildman–Crippen LogP) is 11.8. The van der Waals surface area contributed by atoms with Crippen molar-refractivity contribution < 1.29 is 59.1 Å². The molecule has 5 atom stereocenters. The Labute approximate surface area is 627 Å². The van der Waals surface area contributed by atoms with Gasteiger partial charge >= 0.3 is 5.51 Å². The fourth-order valence-electron chi connectivity index (χ4n) is 14.0. The third-order valence-corrected chi connectivity index (χ3v) is 25.3. The molecule has 0 unspecified atom stereocenters. The number of nitrogens with one attached hydrogen (secondary N) is 4. The number of piperazine rings is 2. The monoisotopic (exact) mass is 1540 g/mol. The number of sulfonamides is 1. The van der Waals surface area contributed by atoms with Crippen molar-refractivity contribution in [1.29, 1.82) is 0 Å². The first kappa shape index (κ1) is 80.1. The number of β-amino-alcohol motifs (C(OH)–C–C–N with tert-alkyl or cyclic N) is 1. The zero-order valence-corrected chi connectivity index (χ0v) is 64.4. The number of pyridine rings is 1. The molecule has 4 aliphatic rings. The molecule has 0 saturated carbocycles. The molecule has 5 amide bonds. The van der Waals surface area contributed by atoms with Gasteiger partial charge in [0.2, 0.25) is 23.6 Å². The summed E-state index contributed by atoms with van der Waals surface area (Å²) in [7, 11) is -11.1. The van der Waals surface area contributed by atoms with Gasteiger partial charge in [-0.25, -0.2) is 26.5 Å². The number of halogens is 4. The van der Waals surface area contributed by atoms with Crippen LogP contribution in [0.2, 0.25) is 5.02 Å². The fraction of sp³-hybridized carbons (Fsp3) is 0.487. The summed E-state index contributed by atoms with van der Waals surface area (Å²) in [5.74, 6) is -2.15. The van der Waals surface area contributed by atoms with Crippen molar-refractivity contribution in [2.75, 3.05) is 88.0 Å². The lowest BCUT2D eigenvalue weighted by molar-refractivity contribution is -0.144. The first-order valence-corrected chi connectivity index (χ1v) is 40.9. The highest BCUT2D eigenvalue weighted by atomic mass is 35.5. The van der Waals surface area contributed by atoms with Crippen LogP contribution in [0.25, 0.3) is 16.0 Å². The largest absolute Gasteiger partial charge is 0.501 e. The van der Waals surface area contributed by atoms with Gasteiger partial charge in [0, 0.05) is 137 Å². The molecule has 1 aliphatic carbocycles. The van der Waals surface area contributed by atoms with Gasteiger partial charge in [0.25, 0.3) is 25.8 Å². The Morgan fingerprint density at radius 3 is 2.10 bits per heavy atom. The number of aryl methyl sites for hydroxylation is 1. The number of hydrogen-bond acceptors (Lipinski definition) is 18. The molecule has 6 aromatic rings. The van der Waals surface area contributed by atoms with Crippen LogP contribution in [0, 0.1) is 17.8 Å². The first-order chi connectivity index (χ1) is 49.7. The van der Waals surface area contributed by atoms with E-state index in [4.69, 9.17) is 11.6 Å². The minimum absolute atomic E-state index is 0.0459. The number of likely N-dealkylation sites (tertiary alicyclic amines) is 1. The van der Waals surface area contributed by atoms with E-state index in [9.17, 15) is 59.1 Å². The SMILES string of the molecule is Cc1ncsc1-c1ccc([C@H](C)NC(=O)[C@@H]2C[C@@H](O)CN2C(=O)[C@@H](NC(=O)CCCCCC(=O)N2CCN(CC[C@H](CSc3ccncc3)Nc3ccc(S(=O)(=O)NC(=O)c4ccc(N5CCN(CC6=C(c7ccc(Cl)cc7)CCC(C)(C)C6)CC5)cc4)cc3S(=O)(=O)C(F)(F)F)CC2)C(C)(C)C)cc1. The molecule has 0 radical (unpaired) electrons. The number of nitrogens with zero attached hydrogens (tertiary/aromatic N) is 7. The number of thioether (sulfide) groups is 1. The summed E-state index contributed by atoms with van der Waals surface area (Å²) in [6.07, 6.45) is 7.45. The number of hydrogen-bond donors (Lipinski definition) is 5. The van der Waals surface area contributed by atoms with Crippen LogP contribution in [0.15, 0.2) is 141 Å². The third-order valence-electron chi connectivity index (χ3n) is 20.1. The van der Waals surface area contributed by atoms with Gasteiger partial charge in [0.15, 0.2) is 0 Å². The average Bonchev–Trinajstić information content (AvgIpc) is 0.849. The average molecular weight is 1540 g/mol. The van der Waals surface area contributed by atoms with Crippen LogP contribution < -0.4 is 25.6 Å². The molecule has 29 heteroatoms. The smallest absolute Gasteiger partial charge is 0.391 e. The van der Waals surface area contributed by atoms with Gasteiger partial charge in [-0.3, -0.25) is 38.8 Å². The highest BCUT2D eigenvalue weighted by Gasteiger charge is 2.49. The number of rotatable bonds is 28. The second-order valence-electron chi connectivity index (χ2n) is 29.6. The third kappa shape index (κ3) is 21.0. The molecule has 566 valence electrons. The summed E-state index contributed by atoms with van der Waals surface area (Å²) in [6, 6.07) is 25.0. The highest BCUT2D eigenvalue weighted by molar-refractivity contribution is 7.99. The molecule has 2 aromatic heterocycles. The maximum absolute atomic E-state index is 14.6. The molecule has 0 bridgehead atoms. The lowest BCUT2D eigenvalue weighted by atomic mass is 9.73. The Balaban J connectivity index is 0.690. The number of anilines is 2. The number of benzene rings is 4. The lowest BCUT2D eigenvalue weighted by Gasteiger charge is -2.39. The number of aromatic nitrogens is 2. The summed E-state index contributed by atoms with van der Waals surface area (Å²) < 4.78 is 100. The van der Waals surface area contributed by atoms with E-state index in [-0.39, 0.29) is 60.8 Å². The zero-order valence-electron chi connectivity index (χ0n) is 60.4. The van der Waals surface area contributed by atoms with Crippen LogP contribution in [-0.2, 0) is 39.0 Å². The molecule has 105 heavy (non-hydrogen) atoms. The number of aliphatic hydroxyl groups is 1. The summed E-state index contributed by atoms with van der Waals surface area (Å²) >= 11 is 9.12. The molecule has 0 spiro atoms. The van der Waals surface area contributed by atoms with Gasteiger partial charge in [-0.15, -0.1) is 23.1 Å². The van der Waals surface area contributed by atoms with Crippen LogP contribution in [0.5, 0.6) is 0 Å². The molecule has 3 fully saturated rings. The Bertz CT molecular complexity index is 4300. The van der Waals surface area contributed by atoms with Crippen molar-refractivity contribution in [1.82, 2.24) is 44.9 Å². The summed E-state index contributed by atoms with van der Waals surface area (Å²) in [6.45, 7) is 19.7. The molecule has 3 saturated heterocycles. The number of sulfone groups is 1. The number of unbranched alkanes of at least 4 members (excludes halogenated alkanes) is 2. The Kier molecular flexibility index (Phi) is 26.4. The molecule has 3 aliphatic heterocycles. The van der Waals surface area contributed by atoms with Crippen LogP contribution in [0.3, 0.4) is 0 Å². The second kappa shape index (κ2) is 34.6. The van der Waals surface area contributed by atoms with Crippen LogP contribution >= 0.6 is 34.7 Å². The fourth-order valence-corrected chi connectivity index (χ4v) is 17.9. The standard InChI is InChI=1S/C76H95ClF3N11O10S4/c1-50(52-13-15-54(16-14-52)69-51(2)82-49-103-69)83-72(96)65-43-60(92)47-91(65)73(97)70(74(3,4)5)85-67(93)11-9-8-10-12-68(94)90-41-35-87(36-42-90)34-30-58(48-102-61-28-32-81-33-29-61)84-64-26-25-62(44-66(64)104(98,99)76(78,79)80)105(100,101)86-71(95)55-19-23-59(24-20-55)89-39-37-88(38-40-89)46-56-45-75(6,7)31-27-63(56)53-17-21-57(77)22-18-53/h13-26,28-29,32-33,44,49-50,58,60,65,70,84,92H,8-12,27,30-31,34-43,45-48H2,1-7H3,(H,83,96)(H,85,93)(H,86,95)/t50-,58+,60+,65-,70+/m0/s1. The highest BCUT2D eigenvalue weighted by Crippen LogP contribution is 2.44. The number of aliphatic hydroxyl groups excluding tert-OH is 1. The maximum atomic E-state index is 14.6. The number of carbonyl (C=O) groups excluding carboxylic acids is 5. The number of carbonyl (C=O) groups is 5.